The van der Waals surface area contributed by atoms with Crippen LogP contribution in [0.5, 0.6) is 0 Å². The number of carboxylic acid groups (broad SMARTS) is 1. The zero-order valence-corrected chi connectivity index (χ0v) is 10.4. The van der Waals surface area contributed by atoms with Crippen molar-refractivity contribution in [2.45, 2.75) is 12.8 Å². The molecular formula is C11H11BrN2O2. The number of hydrogen-bond acceptors (Lipinski definition) is 2. The summed E-state index contributed by atoms with van der Waals surface area (Å²) in [6, 6.07) is 5.84. The van der Waals surface area contributed by atoms with Crippen molar-refractivity contribution in [1.29, 1.82) is 0 Å². The summed E-state index contributed by atoms with van der Waals surface area (Å²) in [7, 11) is 1.86. The SMILES string of the molecule is Cn1nc(Br)c2cccc(CCC(=O)O)c21. The van der Waals surface area contributed by atoms with Crippen LogP contribution in [0.1, 0.15) is 12.0 Å². The molecule has 1 aromatic carbocycles. The first-order valence-corrected chi connectivity index (χ1v) is 5.71. The second-order valence-corrected chi connectivity index (χ2v) is 4.37. The van der Waals surface area contributed by atoms with Gasteiger partial charge in [-0.15, -0.1) is 0 Å². The fourth-order valence-corrected chi connectivity index (χ4v) is 2.38. The molecule has 0 radical (unpaired) electrons. The van der Waals surface area contributed by atoms with Crippen molar-refractivity contribution in [3.8, 4) is 0 Å². The van der Waals surface area contributed by atoms with Crippen LogP contribution >= 0.6 is 15.9 Å². The number of fused-ring (bicyclic) bond motifs is 1. The Morgan fingerprint density at radius 1 is 1.56 bits per heavy atom. The molecule has 1 heterocycles. The average molecular weight is 283 g/mol. The van der Waals surface area contributed by atoms with E-state index in [1.165, 1.54) is 0 Å². The fourth-order valence-electron chi connectivity index (χ4n) is 1.82. The van der Waals surface area contributed by atoms with Crippen molar-refractivity contribution in [2.24, 2.45) is 7.05 Å². The van der Waals surface area contributed by atoms with Crippen LogP contribution in [-0.4, -0.2) is 20.9 Å². The van der Waals surface area contributed by atoms with E-state index in [1.54, 1.807) is 4.68 Å². The molecule has 0 unspecified atom stereocenters. The summed E-state index contributed by atoms with van der Waals surface area (Å²) in [5, 5.41) is 14.0. The van der Waals surface area contributed by atoms with Crippen molar-refractivity contribution in [1.82, 2.24) is 9.78 Å². The van der Waals surface area contributed by atoms with Crippen LogP contribution in [0.4, 0.5) is 0 Å². The first kappa shape index (κ1) is 11.1. The van der Waals surface area contributed by atoms with Crippen molar-refractivity contribution in [3.63, 3.8) is 0 Å². The topological polar surface area (TPSA) is 55.1 Å². The first-order chi connectivity index (χ1) is 7.59. The highest BCUT2D eigenvalue weighted by Crippen LogP contribution is 2.26. The molecule has 4 nitrogen and oxygen atoms in total. The Kier molecular flexibility index (Phi) is 2.96. The summed E-state index contributed by atoms with van der Waals surface area (Å²) in [5.41, 5.74) is 2.01. The molecule has 1 N–H and O–H groups in total. The quantitative estimate of drug-likeness (QED) is 0.940. The van der Waals surface area contributed by atoms with E-state index in [4.69, 9.17) is 5.11 Å². The fraction of sp³-hybridized carbons (Fsp3) is 0.273. The van der Waals surface area contributed by atoms with Gasteiger partial charge in [0, 0.05) is 18.9 Å². The summed E-state index contributed by atoms with van der Waals surface area (Å²) in [5.74, 6) is -0.779. The Morgan fingerprint density at radius 3 is 3.00 bits per heavy atom. The monoisotopic (exact) mass is 282 g/mol. The van der Waals surface area contributed by atoms with Crippen LogP contribution in [-0.2, 0) is 18.3 Å². The minimum Gasteiger partial charge on any atom is -0.481 e. The molecule has 84 valence electrons. The molecule has 2 aromatic rings. The van der Waals surface area contributed by atoms with Crippen molar-refractivity contribution in [2.75, 3.05) is 0 Å². The van der Waals surface area contributed by atoms with Crippen LogP contribution < -0.4 is 0 Å². The summed E-state index contributed by atoms with van der Waals surface area (Å²) in [6.07, 6.45) is 0.667. The Bertz CT molecular complexity index is 548. The van der Waals surface area contributed by atoms with Gasteiger partial charge in [-0.2, -0.15) is 5.10 Å². The third kappa shape index (κ3) is 1.95. The van der Waals surface area contributed by atoms with E-state index in [9.17, 15) is 4.79 Å². The molecule has 0 bridgehead atoms. The third-order valence-corrected chi connectivity index (χ3v) is 3.10. The van der Waals surface area contributed by atoms with E-state index >= 15 is 0 Å². The lowest BCUT2D eigenvalue weighted by molar-refractivity contribution is -0.136. The van der Waals surface area contributed by atoms with E-state index in [0.717, 1.165) is 21.1 Å². The summed E-state index contributed by atoms with van der Waals surface area (Å²) in [4.78, 5) is 10.6. The second kappa shape index (κ2) is 4.25. The number of carbonyl (C=O) groups is 1. The molecule has 0 atom stereocenters. The predicted molar refractivity (Wildman–Crippen MR) is 64.4 cm³/mol. The number of aromatic nitrogens is 2. The Balaban J connectivity index is 2.48. The van der Waals surface area contributed by atoms with Gasteiger partial charge < -0.3 is 5.11 Å². The number of carboxylic acids is 1. The number of nitrogens with zero attached hydrogens (tertiary/aromatic N) is 2. The molecule has 0 aliphatic rings. The highest BCUT2D eigenvalue weighted by molar-refractivity contribution is 9.10. The Labute approximate surface area is 101 Å². The third-order valence-electron chi connectivity index (χ3n) is 2.51. The predicted octanol–water partition coefficient (Wildman–Crippen LogP) is 2.35. The highest BCUT2D eigenvalue weighted by atomic mass is 79.9. The molecule has 5 heteroatoms. The smallest absolute Gasteiger partial charge is 0.303 e. The standard InChI is InChI=1S/C11H11BrN2O2/c1-14-10-7(5-6-9(15)16)3-2-4-8(10)11(12)13-14/h2-4H,5-6H2,1H3,(H,15,16). The van der Waals surface area contributed by atoms with Crippen molar-refractivity contribution >= 4 is 32.8 Å². The molecule has 0 aliphatic heterocycles. The van der Waals surface area contributed by atoms with Crippen LogP contribution in [0.3, 0.4) is 0 Å². The highest BCUT2D eigenvalue weighted by Gasteiger charge is 2.10. The lowest BCUT2D eigenvalue weighted by Crippen LogP contribution is -2.00. The normalized spacial score (nSPS) is 10.9. The van der Waals surface area contributed by atoms with Crippen LogP contribution in [0.15, 0.2) is 22.8 Å². The molecule has 16 heavy (non-hydrogen) atoms. The van der Waals surface area contributed by atoms with Gasteiger partial charge in [0.05, 0.1) is 5.52 Å². The van der Waals surface area contributed by atoms with Crippen LogP contribution in [0.2, 0.25) is 0 Å². The molecule has 0 spiro atoms. The number of halogens is 1. The van der Waals surface area contributed by atoms with Gasteiger partial charge in [-0.05, 0) is 27.9 Å². The van der Waals surface area contributed by atoms with E-state index in [2.05, 4.69) is 21.0 Å². The number of benzene rings is 1. The molecule has 0 amide bonds. The Morgan fingerprint density at radius 2 is 2.31 bits per heavy atom. The first-order valence-electron chi connectivity index (χ1n) is 4.91. The summed E-state index contributed by atoms with van der Waals surface area (Å²) < 4.78 is 2.57. The molecule has 0 fully saturated rings. The zero-order valence-electron chi connectivity index (χ0n) is 8.77. The summed E-state index contributed by atoms with van der Waals surface area (Å²) in [6.45, 7) is 0. The molecule has 1 aromatic heterocycles. The number of hydrogen-bond donors (Lipinski definition) is 1. The van der Waals surface area contributed by atoms with Gasteiger partial charge in [0.1, 0.15) is 4.60 Å². The van der Waals surface area contributed by atoms with Gasteiger partial charge in [0.2, 0.25) is 0 Å². The van der Waals surface area contributed by atoms with E-state index < -0.39 is 5.97 Å². The maximum Gasteiger partial charge on any atom is 0.303 e. The lowest BCUT2D eigenvalue weighted by atomic mass is 10.1. The minimum absolute atomic E-state index is 0.141. The zero-order chi connectivity index (χ0) is 11.7. The minimum atomic E-state index is -0.779. The van der Waals surface area contributed by atoms with Gasteiger partial charge in [0.15, 0.2) is 0 Å². The second-order valence-electron chi connectivity index (χ2n) is 3.62. The number of aryl methyl sites for hydroxylation is 2. The van der Waals surface area contributed by atoms with E-state index in [-0.39, 0.29) is 6.42 Å². The molecule has 2 rings (SSSR count). The number of rotatable bonds is 3. The van der Waals surface area contributed by atoms with Crippen molar-refractivity contribution in [3.05, 3.63) is 28.4 Å². The molecule has 0 saturated carbocycles. The lowest BCUT2D eigenvalue weighted by Gasteiger charge is -2.03. The van der Waals surface area contributed by atoms with Crippen molar-refractivity contribution < 1.29 is 9.90 Å². The molecular weight excluding hydrogens is 272 g/mol. The Hall–Kier alpha value is -1.36. The van der Waals surface area contributed by atoms with Gasteiger partial charge in [-0.25, -0.2) is 0 Å². The molecule has 0 aliphatic carbocycles. The molecule has 0 saturated heterocycles. The van der Waals surface area contributed by atoms with Gasteiger partial charge in [-0.3, -0.25) is 9.48 Å². The van der Waals surface area contributed by atoms with Gasteiger partial charge in [-0.1, -0.05) is 18.2 Å². The summed E-state index contributed by atoms with van der Waals surface area (Å²) >= 11 is 3.38. The van der Waals surface area contributed by atoms with Crippen LogP contribution in [0.25, 0.3) is 10.9 Å². The average Bonchev–Trinajstić information content (AvgIpc) is 2.52. The van der Waals surface area contributed by atoms with Crippen LogP contribution in [0, 0.1) is 0 Å². The maximum absolute atomic E-state index is 10.6. The maximum atomic E-state index is 10.6. The number of aliphatic carboxylic acids is 1. The van der Waals surface area contributed by atoms with E-state index in [0.29, 0.717) is 6.42 Å². The largest absolute Gasteiger partial charge is 0.481 e. The van der Waals surface area contributed by atoms with Gasteiger partial charge in [0.25, 0.3) is 0 Å². The van der Waals surface area contributed by atoms with Gasteiger partial charge >= 0.3 is 5.97 Å². The van der Waals surface area contributed by atoms with E-state index in [1.807, 2.05) is 25.2 Å². The number of para-hydroxylation sites is 1.